The van der Waals surface area contributed by atoms with E-state index in [2.05, 4.69) is 10.0 Å². The standard InChI is InChI=1S/C16H13Cl4N3/c17-13-3-1-11(15(19)5-13)7-22-9-21-23(10-22)8-12-2-4-14(18)6-16(12)20/h1-6,9H,7-8,10H2. The van der Waals surface area contributed by atoms with E-state index < -0.39 is 0 Å². The normalized spacial score (nSPS) is 13.9. The maximum atomic E-state index is 6.21. The van der Waals surface area contributed by atoms with Gasteiger partial charge in [0.2, 0.25) is 0 Å². The van der Waals surface area contributed by atoms with E-state index in [1.807, 2.05) is 29.3 Å². The minimum Gasteiger partial charge on any atom is -0.338 e. The van der Waals surface area contributed by atoms with Gasteiger partial charge in [-0.3, -0.25) is 5.01 Å². The molecular weight excluding hydrogens is 376 g/mol. The largest absolute Gasteiger partial charge is 0.338 e. The molecule has 0 aliphatic carbocycles. The third-order valence-corrected chi connectivity index (χ3v) is 4.65. The van der Waals surface area contributed by atoms with Gasteiger partial charge in [0.05, 0.1) is 6.54 Å². The smallest absolute Gasteiger partial charge is 0.113 e. The zero-order chi connectivity index (χ0) is 16.4. The molecule has 0 radical (unpaired) electrons. The van der Waals surface area contributed by atoms with Gasteiger partial charge in [0, 0.05) is 26.6 Å². The number of rotatable bonds is 4. The third kappa shape index (κ3) is 4.24. The first-order valence-corrected chi connectivity index (χ1v) is 8.43. The average Bonchev–Trinajstić information content (AvgIpc) is 2.92. The summed E-state index contributed by atoms with van der Waals surface area (Å²) in [5, 5.41) is 8.88. The Morgan fingerprint density at radius 2 is 1.39 bits per heavy atom. The molecule has 120 valence electrons. The van der Waals surface area contributed by atoms with Crippen molar-refractivity contribution in [2.75, 3.05) is 6.67 Å². The number of hydrazone groups is 1. The molecule has 2 aromatic rings. The first-order chi connectivity index (χ1) is 11.0. The van der Waals surface area contributed by atoms with Gasteiger partial charge in [-0.1, -0.05) is 58.5 Å². The van der Waals surface area contributed by atoms with Crippen molar-refractivity contribution in [3.63, 3.8) is 0 Å². The highest BCUT2D eigenvalue weighted by Gasteiger charge is 2.16. The highest BCUT2D eigenvalue weighted by Crippen LogP contribution is 2.25. The minimum atomic E-state index is 0.622. The highest BCUT2D eigenvalue weighted by molar-refractivity contribution is 6.35. The van der Waals surface area contributed by atoms with E-state index in [0.717, 1.165) is 11.1 Å². The van der Waals surface area contributed by atoms with Gasteiger partial charge in [0.1, 0.15) is 13.0 Å². The third-order valence-electron chi connectivity index (χ3n) is 3.48. The molecule has 0 saturated carbocycles. The summed E-state index contributed by atoms with van der Waals surface area (Å²) >= 11 is 24.2. The molecule has 0 spiro atoms. The van der Waals surface area contributed by atoms with E-state index in [4.69, 9.17) is 46.4 Å². The number of nitrogens with zero attached hydrogens (tertiary/aromatic N) is 3. The molecule has 0 saturated heterocycles. The SMILES string of the molecule is Clc1ccc(CN2C=NN(Cc3ccc(Cl)cc3Cl)C2)c(Cl)c1. The minimum absolute atomic E-state index is 0.622. The maximum absolute atomic E-state index is 6.21. The van der Waals surface area contributed by atoms with Crippen molar-refractivity contribution >= 4 is 52.7 Å². The van der Waals surface area contributed by atoms with Crippen molar-refractivity contribution in [2.45, 2.75) is 13.1 Å². The fraction of sp³-hybridized carbons (Fsp3) is 0.188. The average molecular weight is 389 g/mol. The molecule has 3 nitrogen and oxygen atoms in total. The fourth-order valence-corrected chi connectivity index (χ4v) is 3.26. The van der Waals surface area contributed by atoms with Crippen LogP contribution >= 0.6 is 46.4 Å². The Hall–Kier alpha value is -1.13. The topological polar surface area (TPSA) is 18.8 Å². The van der Waals surface area contributed by atoms with Gasteiger partial charge >= 0.3 is 0 Å². The Labute approximate surface area is 155 Å². The Bertz CT molecular complexity index is 687. The van der Waals surface area contributed by atoms with Crippen molar-refractivity contribution in [3.8, 4) is 0 Å². The van der Waals surface area contributed by atoms with Crippen LogP contribution in [0.3, 0.4) is 0 Å². The van der Waals surface area contributed by atoms with Crippen LogP contribution < -0.4 is 0 Å². The lowest BCUT2D eigenvalue weighted by Gasteiger charge is -2.20. The Morgan fingerprint density at radius 1 is 0.826 bits per heavy atom. The molecule has 2 aromatic carbocycles. The van der Waals surface area contributed by atoms with Gasteiger partial charge < -0.3 is 4.90 Å². The first kappa shape index (κ1) is 16.7. The van der Waals surface area contributed by atoms with Crippen LogP contribution in [0.15, 0.2) is 41.5 Å². The molecule has 7 heteroatoms. The van der Waals surface area contributed by atoms with Gasteiger partial charge in [-0.25, -0.2) is 0 Å². The second-order valence-corrected chi connectivity index (χ2v) is 6.94. The summed E-state index contributed by atoms with van der Waals surface area (Å²) in [7, 11) is 0. The fourth-order valence-electron chi connectivity index (χ4n) is 2.33. The summed E-state index contributed by atoms with van der Waals surface area (Å²) in [6.07, 6.45) is 1.80. The summed E-state index contributed by atoms with van der Waals surface area (Å²) in [6, 6.07) is 11.0. The molecule has 1 aliphatic heterocycles. The molecular formula is C16H13Cl4N3. The highest BCUT2D eigenvalue weighted by atomic mass is 35.5. The summed E-state index contributed by atoms with van der Waals surface area (Å²) in [4.78, 5) is 2.07. The van der Waals surface area contributed by atoms with Crippen LogP contribution in [0.4, 0.5) is 0 Å². The zero-order valence-corrected chi connectivity index (χ0v) is 15.0. The first-order valence-electron chi connectivity index (χ1n) is 6.92. The molecule has 3 rings (SSSR count). The number of benzene rings is 2. The lowest BCUT2D eigenvalue weighted by Crippen LogP contribution is -2.26. The van der Waals surface area contributed by atoms with Crippen molar-refractivity contribution < 1.29 is 0 Å². The van der Waals surface area contributed by atoms with Crippen LogP contribution in [-0.2, 0) is 13.1 Å². The lowest BCUT2D eigenvalue weighted by atomic mass is 10.2. The molecule has 0 unspecified atom stereocenters. The molecule has 0 N–H and O–H groups in total. The Balaban J connectivity index is 1.61. The van der Waals surface area contributed by atoms with E-state index in [0.29, 0.717) is 39.8 Å². The molecule has 1 heterocycles. The predicted molar refractivity (Wildman–Crippen MR) is 97.4 cm³/mol. The molecule has 1 aliphatic rings. The van der Waals surface area contributed by atoms with Gasteiger partial charge in [-0.05, 0) is 35.4 Å². The second kappa shape index (κ2) is 7.18. The molecule has 23 heavy (non-hydrogen) atoms. The molecule has 0 fully saturated rings. The second-order valence-electron chi connectivity index (χ2n) is 5.26. The number of halogens is 4. The molecule has 0 aromatic heterocycles. The van der Waals surface area contributed by atoms with E-state index in [-0.39, 0.29) is 0 Å². The van der Waals surface area contributed by atoms with Crippen molar-refractivity contribution in [2.24, 2.45) is 5.10 Å². The number of hydrogen-bond donors (Lipinski definition) is 0. The van der Waals surface area contributed by atoms with E-state index in [9.17, 15) is 0 Å². The molecule has 0 atom stereocenters. The maximum Gasteiger partial charge on any atom is 0.113 e. The molecule has 0 amide bonds. The van der Waals surface area contributed by atoms with Crippen LogP contribution in [0.25, 0.3) is 0 Å². The zero-order valence-electron chi connectivity index (χ0n) is 12.0. The quantitative estimate of drug-likeness (QED) is 0.686. The summed E-state index contributed by atoms with van der Waals surface area (Å²) in [5.41, 5.74) is 1.99. The van der Waals surface area contributed by atoms with Crippen LogP contribution in [0.1, 0.15) is 11.1 Å². The van der Waals surface area contributed by atoms with Crippen LogP contribution in [0, 0.1) is 0 Å². The Morgan fingerprint density at radius 3 is 1.96 bits per heavy atom. The van der Waals surface area contributed by atoms with Crippen molar-refractivity contribution in [1.82, 2.24) is 9.91 Å². The van der Waals surface area contributed by atoms with Crippen LogP contribution in [0.5, 0.6) is 0 Å². The van der Waals surface area contributed by atoms with E-state index in [1.165, 1.54) is 0 Å². The van der Waals surface area contributed by atoms with Gasteiger partial charge in [0.25, 0.3) is 0 Å². The molecule has 0 bridgehead atoms. The van der Waals surface area contributed by atoms with Crippen LogP contribution in [-0.4, -0.2) is 22.9 Å². The lowest BCUT2D eigenvalue weighted by molar-refractivity contribution is 0.224. The van der Waals surface area contributed by atoms with Gasteiger partial charge in [0.15, 0.2) is 0 Å². The Kier molecular flexibility index (Phi) is 5.22. The summed E-state index contributed by atoms with van der Waals surface area (Å²) in [5.74, 6) is 0. The van der Waals surface area contributed by atoms with Gasteiger partial charge in [-0.2, -0.15) is 5.10 Å². The predicted octanol–water partition coefficient (Wildman–Crippen LogP) is 5.52. The van der Waals surface area contributed by atoms with Crippen LogP contribution in [0.2, 0.25) is 20.1 Å². The number of hydrogen-bond acceptors (Lipinski definition) is 3. The van der Waals surface area contributed by atoms with E-state index in [1.54, 1.807) is 18.5 Å². The van der Waals surface area contributed by atoms with Gasteiger partial charge in [-0.15, -0.1) is 0 Å². The monoisotopic (exact) mass is 387 g/mol. The van der Waals surface area contributed by atoms with E-state index >= 15 is 0 Å². The summed E-state index contributed by atoms with van der Waals surface area (Å²) in [6.45, 7) is 1.96. The van der Waals surface area contributed by atoms with Crippen molar-refractivity contribution in [3.05, 3.63) is 67.6 Å². The van der Waals surface area contributed by atoms with Crippen molar-refractivity contribution in [1.29, 1.82) is 0 Å². The summed E-state index contributed by atoms with van der Waals surface area (Å²) < 4.78 is 0.